The molecular formula is C21H29BrN2O6. The van der Waals surface area contributed by atoms with Gasteiger partial charge in [0.05, 0.1) is 6.61 Å². The lowest BCUT2D eigenvalue weighted by Gasteiger charge is -2.35. The van der Waals surface area contributed by atoms with Crippen LogP contribution in [-0.2, 0) is 19.1 Å². The van der Waals surface area contributed by atoms with Gasteiger partial charge in [-0.2, -0.15) is 0 Å². The van der Waals surface area contributed by atoms with Crippen LogP contribution >= 0.6 is 15.9 Å². The number of carboxylic acid groups (broad SMARTS) is 1. The molecule has 3 N–H and O–H groups in total. The van der Waals surface area contributed by atoms with E-state index in [-0.39, 0.29) is 18.9 Å². The summed E-state index contributed by atoms with van der Waals surface area (Å²) in [5.74, 6) is -2.12. The van der Waals surface area contributed by atoms with Crippen LogP contribution in [0.4, 0.5) is 4.79 Å². The zero-order chi connectivity index (χ0) is 22.7. The van der Waals surface area contributed by atoms with Gasteiger partial charge in [-0.1, -0.05) is 41.9 Å². The van der Waals surface area contributed by atoms with Crippen LogP contribution in [-0.4, -0.2) is 46.9 Å². The molecule has 0 spiro atoms. The quantitative estimate of drug-likeness (QED) is 0.569. The normalized spacial score (nSPS) is 22.4. The van der Waals surface area contributed by atoms with Crippen molar-refractivity contribution in [1.29, 1.82) is 0 Å². The molecule has 1 heterocycles. The molecule has 9 heteroatoms. The van der Waals surface area contributed by atoms with Gasteiger partial charge in [-0.3, -0.25) is 4.79 Å². The van der Waals surface area contributed by atoms with Gasteiger partial charge in [0.2, 0.25) is 5.91 Å². The lowest BCUT2D eigenvalue weighted by molar-refractivity contribution is -0.145. The van der Waals surface area contributed by atoms with Crippen molar-refractivity contribution in [3.05, 3.63) is 34.3 Å². The van der Waals surface area contributed by atoms with Crippen LogP contribution in [0, 0.1) is 5.92 Å². The maximum absolute atomic E-state index is 13.4. The van der Waals surface area contributed by atoms with Crippen LogP contribution in [0.5, 0.6) is 0 Å². The number of aliphatic carboxylic acids is 1. The van der Waals surface area contributed by atoms with Crippen molar-refractivity contribution in [2.75, 3.05) is 6.61 Å². The summed E-state index contributed by atoms with van der Waals surface area (Å²) in [6.07, 6.45) is -1.41. The van der Waals surface area contributed by atoms with Crippen LogP contribution < -0.4 is 10.6 Å². The minimum atomic E-state index is -1.52. The highest BCUT2D eigenvalue weighted by Gasteiger charge is 2.53. The summed E-state index contributed by atoms with van der Waals surface area (Å²) in [7, 11) is 0. The van der Waals surface area contributed by atoms with Gasteiger partial charge >= 0.3 is 12.1 Å². The van der Waals surface area contributed by atoms with E-state index in [1.54, 1.807) is 58.9 Å². The van der Waals surface area contributed by atoms with Crippen LogP contribution in [0.3, 0.4) is 0 Å². The number of alkyl carbamates (subject to hydrolysis) is 1. The molecule has 1 aliphatic rings. The number of hydrogen-bond donors (Lipinski definition) is 3. The SMILES string of the molecule is CC(C)[C@H](NC(=O)[C@]1(NC(=O)OC(C)(C)C)CCO[C@@H]1c1ccc(Br)cc1)C(=O)O. The summed E-state index contributed by atoms with van der Waals surface area (Å²) in [5, 5.41) is 14.8. The Bertz CT molecular complexity index is 790. The predicted octanol–water partition coefficient (Wildman–Crippen LogP) is 3.40. The summed E-state index contributed by atoms with van der Waals surface area (Å²) in [4.78, 5) is 37.7. The van der Waals surface area contributed by atoms with E-state index in [0.717, 1.165) is 4.47 Å². The summed E-state index contributed by atoms with van der Waals surface area (Å²) < 4.78 is 12.1. The predicted molar refractivity (Wildman–Crippen MR) is 114 cm³/mol. The van der Waals surface area contributed by atoms with Gasteiger partial charge in [0, 0.05) is 10.9 Å². The number of carbonyl (C=O) groups excluding carboxylic acids is 2. The molecule has 0 radical (unpaired) electrons. The van der Waals surface area contributed by atoms with E-state index >= 15 is 0 Å². The van der Waals surface area contributed by atoms with Gasteiger partial charge in [-0.25, -0.2) is 9.59 Å². The second kappa shape index (κ2) is 9.34. The highest BCUT2D eigenvalue weighted by molar-refractivity contribution is 9.10. The Morgan fingerprint density at radius 2 is 1.83 bits per heavy atom. The molecule has 3 atom stereocenters. The van der Waals surface area contributed by atoms with Crippen LogP contribution in [0.2, 0.25) is 0 Å². The summed E-state index contributed by atoms with van der Waals surface area (Å²) in [6.45, 7) is 8.76. The highest BCUT2D eigenvalue weighted by Crippen LogP contribution is 2.39. The van der Waals surface area contributed by atoms with Gasteiger partial charge in [0.25, 0.3) is 0 Å². The number of carboxylic acids is 1. The molecule has 2 amide bonds. The first-order chi connectivity index (χ1) is 13.9. The first-order valence-corrected chi connectivity index (χ1v) is 10.6. The third-order valence-corrected chi connectivity index (χ3v) is 5.28. The molecule has 0 aliphatic carbocycles. The zero-order valence-electron chi connectivity index (χ0n) is 17.8. The smallest absolute Gasteiger partial charge is 0.408 e. The number of benzene rings is 1. The molecule has 8 nitrogen and oxygen atoms in total. The number of rotatable bonds is 6. The number of hydrogen-bond acceptors (Lipinski definition) is 5. The summed E-state index contributed by atoms with van der Waals surface area (Å²) in [5.41, 5.74) is -1.60. The molecule has 2 rings (SSSR count). The summed E-state index contributed by atoms with van der Waals surface area (Å²) >= 11 is 3.37. The van der Waals surface area contributed by atoms with Crippen molar-refractivity contribution < 1.29 is 29.0 Å². The third kappa shape index (κ3) is 5.72. The molecule has 1 fully saturated rings. The first-order valence-electron chi connectivity index (χ1n) is 9.78. The zero-order valence-corrected chi connectivity index (χ0v) is 19.4. The van der Waals surface area contributed by atoms with Gasteiger partial charge in [-0.15, -0.1) is 0 Å². The molecule has 1 aromatic carbocycles. The Morgan fingerprint density at radius 1 is 1.23 bits per heavy atom. The minimum absolute atomic E-state index is 0.170. The molecule has 0 saturated carbocycles. The van der Waals surface area contributed by atoms with E-state index < -0.39 is 41.3 Å². The number of nitrogens with one attached hydrogen (secondary N) is 2. The molecule has 1 aliphatic heterocycles. The van der Waals surface area contributed by atoms with Crippen LogP contribution in [0.1, 0.15) is 52.7 Å². The van der Waals surface area contributed by atoms with E-state index in [0.29, 0.717) is 5.56 Å². The van der Waals surface area contributed by atoms with Gasteiger partial charge in [0.1, 0.15) is 17.7 Å². The highest BCUT2D eigenvalue weighted by atomic mass is 79.9. The number of carbonyl (C=O) groups is 3. The first kappa shape index (κ1) is 24.1. The van der Waals surface area contributed by atoms with Crippen LogP contribution in [0.15, 0.2) is 28.7 Å². The maximum atomic E-state index is 13.4. The van der Waals surface area contributed by atoms with Crippen molar-refractivity contribution in [2.45, 2.75) is 64.3 Å². The Hall–Kier alpha value is -2.13. The van der Waals surface area contributed by atoms with E-state index in [2.05, 4.69) is 26.6 Å². The number of halogens is 1. The van der Waals surface area contributed by atoms with E-state index in [4.69, 9.17) is 9.47 Å². The molecule has 1 saturated heterocycles. The molecule has 0 bridgehead atoms. The minimum Gasteiger partial charge on any atom is -0.480 e. The number of amides is 2. The number of ether oxygens (including phenoxy) is 2. The summed E-state index contributed by atoms with van der Waals surface area (Å²) in [6, 6.07) is 6.08. The average molecular weight is 485 g/mol. The Labute approximate surface area is 184 Å². The maximum Gasteiger partial charge on any atom is 0.408 e. The van der Waals surface area contributed by atoms with E-state index in [9.17, 15) is 19.5 Å². The van der Waals surface area contributed by atoms with E-state index in [1.807, 2.05) is 0 Å². The Morgan fingerprint density at radius 3 is 2.33 bits per heavy atom. The molecule has 0 aromatic heterocycles. The molecular weight excluding hydrogens is 456 g/mol. The monoisotopic (exact) mass is 484 g/mol. The molecule has 166 valence electrons. The van der Waals surface area contributed by atoms with Gasteiger partial charge < -0.3 is 25.2 Å². The topological polar surface area (TPSA) is 114 Å². The second-order valence-electron chi connectivity index (χ2n) is 8.68. The molecule has 1 aromatic rings. The van der Waals surface area contributed by atoms with E-state index in [1.165, 1.54) is 0 Å². The average Bonchev–Trinajstić information content (AvgIpc) is 3.02. The lowest BCUT2D eigenvalue weighted by Crippen LogP contribution is -2.63. The van der Waals surface area contributed by atoms with Crippen molar-refractivity contribution in [1.82, 2.24) is 10.6 Å². The molecule has 30 heavy (non-hydrogen) atoms. The van der Waals surface area contributed by atoms with Gasteiger partial charge in [-0.05, 0) is 44.4 Å². The van der Waals surface area contributed by atoms with Crippen LogP contribution in [0.25, 0.3) is 0 Å². The van der Waals surface area contributed by atoms with Crippen molar-refractivity contribution in [2.24, 2.45) is 5.92 Å². The van der Waals surface area contributed by atoms with Crippen molar-refractivity contribution >= 4 is 33.9 Å². The fourth-order valence-corrected chi connectivity index (χ4v) is 3.58. The molecule has 0 unspecified atom stereocenters. The fraction of sp³-hybridized carbons (Fsp3) is 0.571. The Kier molecular flexibility index (Phi) is 7.52. The van der Waals surface area contributed by atoms with Crippen molar-refractivity contribution in [3.8, 4) is 0 Å². The third-order valence-electron chi connectivity index (χ3n) is 4.75. The Balaban J connectivity index is 2.43. The second-order valence-corrected chi connectivity index (χ2v) is 9.60. The lowest BCUT2D eigenvalue weighted by atomic mass is 9.85. The van der Waals surface area contributed by atoms with Crippen molar-refractivity contribution in [3.63, 3.8) is 0 Å². The standard InChI is InChI=1S/C21H29BrN2O6/c1-12(2)15(17(25)26)23-18(27)21(24-19(28)30-20(3,4)5)10-11-29-16(21)13-6-8-14(22)9-7-13/h6-9,12,15-16H,10-11H2,1-5H3,(H,23,27)(H,24,28)(H,25,26)/t15-,16+,21-/m0/s1. The van der Waals surface area contributed by atoms with Gasteiger partial charge in [0.15, 0.2) is 5.54 Å². The largest absolute Gasteiger partial charge is 0.480 e. The fourth-order valence-electron chi connectivity index (χ4n) is 3.32.